The largest absolute Gasteiger partial charge is 0.504 e. The number of H-pyrrole nitrogens is 2. The van der Waals surface area contributed by atoms with Crippen molar-refractivity contribution in [1.82, 2.24) is 14.9 Å². The van der Waals surface area contributed by atoms with Crippen LogP contribution < -0.4 is 4.74 Å². The van der Waals surface area contributed by atoms with Gasteiger partial charge < -0.3 is 9.84 Å². The number of ether oxygens (including phenoxy) is 1. The summed E-state index contributed by atoms with van der Waals surface area (Å²) in [5, 5.41) is 18.9. The number of hydrogen-bond acceptors (Lipinski definition) is 5. The second kappa shape index (κ2) is 5.15. The first-order chi connectivity index (χ1) is 8.61. The van der Waals surface area contributed by atoms with Crippen molar-refractivity contribution in [1.29, 1.82) is 0 Å². The monoisotopic (exact) mass is 282 g/mol. The summed E-state index contributed by atoms with van der Waals surface area (Å²) >= 11 is 9.98. The smallest absolute Gasteiger partial charge is 0.215 e. The van der Waals surface area contributed by atoms with Gasteiger partial charge in [-0.15, -0.1) is 0 Å². The van der Waals surface area contributed by atoms with E-state index in [9.17, 15) is 5.11 Å². The van der Waals surface area contributed by atoms with E-state index in [0.717, 1.165) is 5.56 Å². The van der Waals surface area contributed by atoms with Gasteiger partial charge in [0.05, 0.1) is 13.3 Å². The van der Waals surface area contributed by atoms with E-state index in [1.54, 1.807) is 18.3 Å². The topological polar surface area (TPSA) is 78.3 Å². The Morgan fingerprint density at radius 2 is 2.00 bits per heavy atom. The van der Waals surface area contributed by atoms with E-state index in [4.69, 9.17) is 29.2 Å². The van der Waals surface area contributed by atoms with Crippen molar-refractivity contribution < 1.29 is 9.84 Å². The molecule has 8 heteroatoms. The number of nitrogens with one attached hydrogen (secondary N) is 2. The Balaban J connectivity index is 2.35. The van der Waals surface area contributed by atoms with Gasteiger partial charge in [0.25, 0.3) is 0 Å². The second-order valence-electron chi connectivity index (χ2n) is 3.35. The summed E-state index contributed by atoms with van der Waals surface area (Å²) < 4.78 is 7.13. The Kier molecular flexibility index (Phi) is 3.58. The zero-order chi connectivity index (χ0) is 13.1. The van der Waals surface area contributed by atoms with Gasteiger partial charge in [-0.25, -0.2) is 0 Å². The second-order valence-corrected chi connectivity index (χ2v) is 4.12. The van der Waals surface area contributed by atoms with Gasteiger partial charge in [0.1, 0.15) is 0 Å². The SMILES string of the molecule is COc1cc(/C=N/n2c(=S)[nH][nH]c2=S)ccc1O. The number of aromatic nitrogens is 3. The highest BCUT2D eigenvalue weighted by atomic mass is 32.1. The quantitative estimate of drug-likeness (QED) is 0.595. The van der Waals surface area contributed by atoms with E-state index in [1.807, 2.05) is 0 Å². The normalized spacial score (nSPS) is 10.9. The summed E-state index contributed by atoms with van der Waals surface area (Å²) in [4.78, 5) is 0. The maximum atomic E-state index is 9.46. The van der Waals surface area contributed by atoms with E-state index < -0.39 is 0 Å². The highest BCUT2D eigenvalue weighted by Gasteiger charge is 2.01. The molecule has 0 saturated carbocycles. The minimum atomic E-state index is 0.0743. The number of aromatic amines is 2. The number of aromatic hydroxyl groups is 1. The molecule has 0 unspecified atom stereocenters. The fourth-order valence-electron chi connectivity index (χ4n) is 1.31. The fraction of sp³-hybridized carbons (Fsp3) is 0.100. The molecule has 0 saturated heterocycles. The van der Waals surface area contributed by atoms with Crippen molar-refractivity contribution in [2.24, 2.45) is 5.10 Å². The molecule has 3 N–H and O–H groups in total. The van der Waals surface area contributed by atoms with Crippen LogP contribution in [0.2, 0.25) is 0 Å². The molecule has 0 amide bonds. The third-order valence-electron chi connectivity index (χ3n) is 2.19. The van der Waals surface area contributed by atoms with Crippen molar-refractivity contribution in [3.63, 3.8) is 0 Å². The first-order valence-electron chi connectivity index (χ1n) is 4.93. The lowest BCUT2D eigenvalue weighted by atomic mass is 10.2. The molecule has 2 aromatic rings. The minimum absolute atomic E-state index is 0.0743. The lowest BCUT2D eigenvalue weighted by molar-refractivity contribution is 0.373. The van der Waals surface area contributed by atoms with E-state index in [1.165, 1.54) is 17.9 Å². The zero-order valence-corrected chi connectivity index (χ0v) is 11.0. The molecule has 0 aliphatic rings. The van der Waals surface area contributed by atoms with Crippen LogP contribution in [-0.2, 0) is 0 Å². The number of rotatable bonds is 3. The number of benzene rings is 1. The molecule has 0 aliphatic heterocycles. The van der Waals surface area contributed by atoms with Crippen LogP contribution in [0.1, 0.15) is 5.56 Å². The van der Waals surface area contributed by atoms with Gasteiger partial charge in [0, 0.05) is 0 Å². The summed E-state index contributed by atoms with van der Waals surface area (Å²) in [5.74, 6) is 0.451. The Bertz CT molecular complexity index is 671. The van der Waals surface area contributed by atoms with Crippen LogP contribution in [0.5, 0.6) is 11.5 Å². The van der Waals surface area contributed by atoms with Crippen LogP contribution in [0.15, 0.2) is 23.3 Å². The van der Waals surface area contributed by atoms with Gasteiger partial charge in [-0.1, -0.05) is 0 Å². The molecule has 1 aromatic heterocycles. The van der Waals surface area contributed by atoms with Crippen LogP contribution in [0.4, 0.5) is 0 Å². The van der Waals surface area contributed by atoms with Crippen molar-refractivity contribution in [3.05, 3.63) is 33.3 Å². The Morgan fingerprint density at radius 3 is 2.61 bits per heavy atom. The molecule has 0 radical (unpaired) electrons. The average Bonchev–Trinajstić information content (AvgIpc) is 2.68. The molecule has 94 valence electrons. The first kappa shape index (κ1) is 12.5. The standard InChI is InChI=1S/C10H10N4O2S2/c1-16-8-4-6(2-3-7(8)15)5-11-14-9(17)12-13-10(14)18/h2-5,15H,1H3,(H,12,17)(H,13,18)/b11-5+. The summed E-state index contributed by atoms with van der Waals surface area (Å²) in [7, 11) is 1.48. The van der Waals surface area contributed by atoms with E-state index >= 15 is 0 Å². The molecule has 0 aliphatic carbocycles. The van der Waals surface area contributed by atoms with Crippen molar-refractivity contribution in [2.45, 2.75) is 0 Å². The zero-order valence-electron chi connectivity index (χ0n) is 9.38. The van der Waals surface area contributed by atoms with Crippen LogP contribution in [0.25, 0.3) is 0 Å². The van der Waals surface area contributed by atoms with Gasteiger partial charge in [-0.2, -0.15) is 9.78 Å². The summed E-state index contributed by atoms with van der Waals surface area (Å²) in [6.45, 7) is 0. The van der Waals surface area contributed by atoms with Crippen LogP contribution in [-0.4, -0.2) is 33.3 Å². The van der Waals surface area contributed by atoms with Gasteiger partial charge in [0.15, 0.2) is 11.5 Å². The Labute approximate surface area is 113 Å². The highest BCUT2D eigenvalue weighted by molar-refractivity contribution is 7.72. The van der Waals surface area contributed by atoms with E-state index in [-0.39, 0.29) is 5.75 Å². The number of nitrogens with zero attached hydrogens (tertiary/aromatic N) is 2. The maximum absolute atomic E-state index is 9.46. The lowest BCUT2D eigenvalue weighted by Crippen LogP contribution is -1.92. The molecule has 1 aromatic carbocycles. The molecular weight excluding hydrogens is 272 g/mol. The molecule has 0 atom stereocenters. The molecule has 0 fully saturated rings. The van der Waals surface area contributed by atoms with Gasteiger partial charge in [-0.05, 0) is 48.2 Å². The third kappa shape index (κ3) is 2.49. The van der Waals surface area contributed by atoms with Crippen molar-refractivity contribution in [3.8, 4) is 11.5 Å². The highest BCUT2D eigenvalue weighted by Crippen LogP contribution is 2.25. The number of methoxy groups -OCH3 is 1. The molecule has 0 bridgehead atoms. The van der Waals surface area contributed by atoms with Crippen molar-refractivity contribution >= 4 is 30.7 Å². The number of hydrogen-bond donors (Lipinski definition) is 3. The minimum Gasteiger partial charge on any atom is -0.504 e. The molecule has 1 heterocycles. The van der Waals surface area contributed by atoms with Crippen LogP contribution in [0.3, 0.4) is 0 Å². The molecular formula is C10H10N4O2S2. The Hall–Kier alpha value is -1.93. The van der Waals surface area contributed by atoms with Gasteiger partial charge >= 0.3 is 0 Å². The van der Waals surface area contributed by atoms with Gasteiger partial charge in [-0.3, -0.25) is 10.2 Å². The fourth-order valence-corrected chi connectivity index (χ4v) is 1.75. The molecule has 18 heavy (non-hydrogen) atoms. The lowest BCUT2D eigenvalue weighted by Gasteiger charge is -2.03. The summed E-state index contributed by atoms with van der Waals surface area (Å²) in [5.41, 5.74) is 0.752. The predicted octanol–water partition coefficient (Wildman–Crippen LogP) is 2.20. The van der Waals surface area contributed by atoms with Crippen molar-refractivity contribution in [2.75, 3.05) is 7.11 Å². The summed E-state index contributed by atoms with van der Waals surface area (Å²) in [6.07, 6.45) is 1.56. The van der Waals surface area contributed by atoms with Crippen LogP contribution in [0, 0.1) is 9.54 Å². The van der Waals surface area contributed by atoms with E-state index in [0.29, 0.717) is 15.3 Å². The van der Waals surface area contributed by atoms with Crippen LogP contribution >= 0.6 is 24.4 Å². The number of phenolic OH excluding ortho intramolecular Hbond substituents is 1. The third-order valence-corrected chi connectivity index (χ3v) is 2.74. The Morgan fingerprint density at radius 1 is 1.33 bits per heavy atom. The average molecular weight is 282 g/mol. The molecule has 2 rings (SSSR count). The number of phenols is 1. The first-order valence-corrected chi connectivity index (χ1v) is 5.74. The molecule has 0 spiro atoms. The van der Waals surface area contributed by atoms with E-state index in [2.05, 4.69) is 15.3 Å². The summed E-state index contributed by atoms with van der Waals surface area (Å²) in [6, 6.07) is 4.88. The van der Waals surface area contributed by atoms with Gasteiger partial charge in [0.2, 0.25) is 9.54 Å². The maximum Gasteiger partial charge on any atom is 0.215 e. The predicted molar refractivity (Wildman–Crippen MR) is 72.5 cm³/mol. The molecule has 6 nitrogen and oxygen atoms in total.